The number of ketones is 1. The number of rotatable bonds is 5. The van der Waals surface area contributed by atoms with Crippen LogP contribution < -0.4 is 0 Å². The predicted molar refractivity (Wildman–Crippen MR) is 56.9 cm³/mol. The Hall–Kier alpha value is -0.630. The summed E-state index contributed by atoms with van der Waals surface area (Å²) in [5.74, 6) is 0.438. The zero-order chi connectivity index (χ0) is 10.6. The maximum atomic E-state index is 11.5. The van der Waals surface area contributed by atoms with Gasteiger partial charge in [0.05, 0.1) is 12.0 Å². The van der Waals surface area contributed by atoms with E-state index in [0.29, 0.717) is 12.3 Å². The Balaban J connectivity index is 2.57. The molecule has 1 N–H and O–H groups in total. The minimum atomic E-state index is -0.633. The third kappa shape index (κ3) is 2.44. The van der Waals surface area contributed by atoms with E-state index in [1.807, 2.05) is 0 Å². The second-order valence-electron chi connectivity index (χ2n) is 4.16. The molecule has 0 amide bonds. The molecule has 0 spiro atoms. The minimum Gasteiger partial charge on any atom is -0.388 e. The van der Waals surface area contributed by atoms with Crippen LogP contribution in [0.1, 0.15) is 39.0 Å². The van der Waals surface area contributed by atoms with E-state index in [9.17, 15) is 9.90 Å². The molecule has 0 aromatic rings. The fraction of sp³-hybridized carbons (Fsp3) is 0.750. The summed E-state index contributed by atoms with van der Waals surface area (Å²) >= 11 is 0. The van der Waals surface area contributed by atoms with Gasteiger partial charge in [-0.2, -0.15) is 0 Å². The van der Waals surface area contributed by atoms with Crippen molar-refractivity contribution in [2.75, 3.05) is 0 Å². The van der Waals surface area contributed by atoms with E-state index in [0.717, 1.165) is 25.7 Å². The summed E-state index contributed by atoms with van der Waals surface area (Å²) in [5.41, 5.74) is 0. The molecule has 1 fully saturated rings. The monoisotopic (exact) mass is 196 g/mol. The van der Waals surface area contributed by atoms with Crippen LogP contribution in [0.3, 0.4) is 0 Å². The smallest absolute Gasteiger partial charge is 0.139 e. The van der Waals surface area contributed by atoms with Crippen LogP contribution >= 0.6 is 0 Å². The molecule has 2 heteroatoms. The predicted octanol–water partition coefficient (Wildman–Crippen LogP) is 2.32. The molecule has 1 rings (SSSR count). The van der Waals surface area contributed by atoms with Crippen LogP contribution in [-0.2, 0) is 4.79 Å². The summed E-state index contributed by atoms with van der Waals surface area (Å²) in [4.78, 5) is 11.5. The molecular weight excluding hydrogens is 176 g/mol. The summed E-state index contributed by atoms with van der Waals surface area (Å²) in [7, 11) is 0. The molecule has 3 unspecified atom stereocenters. The zero-order valence-electron chi connectivity index (χ0n) is 8.91. The van der Waals surface area contributed by atoms with Crippen molar-refractivity contribution in [2.24, 2.45) is 11.8 Å². The van der Waals surface area contributed by atoms with Gasteiger partial charge in [-0.25, -0.2) is 0 Å². The molecule has 0 radical (unpaired) electrons. The normalized spacial score (nSPS) is 29.1. The number of Topliss-reactive ketones (excluding diaryl/α,β-unsaturated/α-hetero) is 1. The molecule has 0 aromatic heterocycles. The number of aliphatic hydroxyl groups excluding tert-OH is 1. The highest BCUT2D eigenvalue weighted by molar-refractivity contribution is 5.84. The van der Waals surface area contributed by atoms with E-state index >= 15 is 0 Å². The largest absolute Gasteiger partial charge is 0.388 e. The van der Waals surface area contributed by atoms with E-state index in [2.05, 4.69) is 13.5 Å². The van der Waals surface area contributed by atoms with Gasteiger partial charge in [-0.15, -0.1) is 6.58 Å². The van der Waals surface area contributed by atoms with Crippen LogP contribution in [0, 0.1) is 11.8 Å². The van der Waals surface area contributed by atoms with Crippen LogP contribution in [0.2, 0.25) is 0 Å². The Kier molecular flexibility index (Phi) is 4.33. The van der Waals surface area contributed by atoms with Crippen LogP contribution in [0.15, 0.2) is 12.7 Å². The quantitative estimate of drug-likeness (QED) is 0.685. The maximum absolute atomic E-state index is 11.5. The Morgan fingerprint density at radius 3 is 3.00 bits per heavy atom. The van der Waals surface area contributed by atoms with Crippen molar-refractivity contribution in [1.29, 1.82) is 0 Å². The van der Waals surface area contributed by atoms with Crippen molar-refractivity contribution in [3.05, 3.63) is 12.7 Å². The highest BCUT2D eigenvalue weighted by Crippen LogP contribution is 2.35. The van der Waals surface area contributed by atoms with E-state index < -0.39 is 6.10 Å². The van der Waals surface area contributed by atoms with Crippen molar-refractivity contribution in [2.45, 2.75) is 45.1 Å². The van der Waals surface area contributed by atoms with Gasteiger partial charge in [0.25, 0.3) is 0 Å². The van der Waals surface area contributed by atoms with Gasteiger partial charge in [-0.1, -0.05) is 25.8 Å². The van der Waals surface area contributed by atoms with Gasteiger partial charge in [-0.05, 0) is 18.8 Å². The second-order valence-corrected chi connectivity index (χ2v) is 4.16. The molecule has 1 aliphatic rings. The molecule has 0 saturated heterocycles. The summed E-state index contributed by atoms with van der Waals surface area (Å²) in [6.07, 6.45) is 5.83. The van der Waals surface area contributed by atoms with E-state index in [1.165, 1.54) is 6.08 Å². The topological polar surface area (TPSA) is 37.3 Å². The summed E-state index contributed by atoms with van der Waals surface area (Å²) in [6.45, 7) is 5.70. The van der Waals surface area contributed by atoms with Crippen molar-refractivity contribution in [1.82, 2.24) is 0 Å². The van der Waals surface area contributed by atoms with Crippen LogP contribution in [-0.4, -0.2) is 17.0 Å². The Labute approximate surface area is 86.0 Å². The third-order valence-electron chi connectivity index (χ3n) is 3.18. The first-order chi connectivity index (χ1) is 6.70. The number of unbranched alkanes of at least 4 members (excludes halogenated alkanes) is 1. The highest BCUT2D eigenvalue weighted by Gasteiger charge is 2.37. The fourth-order valence-corrected chi connectivity index (χ4v) is 2.34. The number of carbonyl (C=O) groups excluding carboxylic acids is 1. The Bertz CT molecular complexity index is 210. The van der Waals surface area contributed by atoms with Gasteiger partial charge < -0.3 is 5.11 Å². The number of hydrogen-bond donors (Lipinski definition) is 1. The third-order valence-corrected chi connectivity index (χ3v) is 3.18. The lowest BCUT2D eigenvalue weighted by Gasteiger charge is -2.20. The average molecular weight is 196 g/mol. The van der Waals surface area contributed by atoms with Crippen molar-refractivity contribution in [3.63, 3.8) is 0 Å². The fourth-order valence-electron chi connectivity index (χ4n) is 2.34. The lowest BCUT2D eigenvalue weighted by molar-refractivity contribution is -0.123. The molecule has 0 heterocycles. The highest BCUT2D eigenvalue weighted by atomic mass is 16.3. The molecule has 1 aliphatic carbocycles. The van der Waals surface area contributed by atoms with Crippen molar-refractivity contribution < 1.29 is 9.90 Å². The lowest BCUT2D eigenvalue weighted by atomic mass is 9.86. The first kappa shape index (κ1) is 11.4. The lowest BCUT2D eigenvalue weighted by Crippen LogP contribution is -2.27. The molecule has 1 saturated carbocycles. The molecule has 0 aliphatic heterocycles. The van der Waals surface area contributed by atoms with E-state index in [-0.39, 0.29) is 11.7 Å². The molecular formula is C12H20O2. The SMILES string of the molecule is C=CC(O)C1C(=O)CCC1CCCC. The van der Waals surface area contributed by atoms with Gasteiger partial charge in [0.15, 0.2) is 0 Å². The Morgan fingerprint density at radius 1 is 1.71 bits per heavy atom. The number of aliphatic hydroxyl groups is 1. The molecule has 2 nitrogen and oxygen atoms in total. The van der Waals surface area contributed by atoms with E-state index in [1.54, 1.807) is 0 Å². The first-order valence-corrected chi connectivity index (χ1v) is 5.54. The summed E-state index contributed by atoms with van der Waals surface area (Å²) in [5, 5.41) is 9.66. The van der Waals surface area contributed by atoms with Gasteiger partial charge in [0.2, 0.25) is 0 Å². The number of carbonyl (C=O) groups is 1. The molecule has 80 valence electrons. The van der Waals surface area contributed by atoms with Gasteiger partial charge in [-0.3, -0.25) is 4.79 Å². The van der Waals surface area contributed by atoms with Gasteiger partial charge in [0.1, 0.15) is 5.78 Å². The minimum absolute atomic E-state index is 0.168. The molecule has 0 bridgehead atoms. The van der Waals surface area contributed by atoms with Crippen LogP contribution in [0.4, 0.5) is 0 Å². The van der Waals surface area contributed by atoms with E-state index in [4.69, 9.17) is 0 Å². The van der Waals surface area contributed by atoms with Crippen molar-refractivity contribution >= 4 is 5.78 Å². The Morgan fingerprint density at radius 2 is 2.43 bits per heavy atom. The van der Waals surface area contributed by atoms with Gasteiger partial charge >= 0.3 is 0 Å². The standard InChI is InChI=1S/C12H20O2/c1-3-5-6-9-7-8-11(14)12(9)10(13)4-2/h4,9-10,12-13H,2-3,5-8H2,1H3. The second kappa shape index (κ2) is 5.30. The van der Waals surface area contributed by atoms with Crippen LogP contribution in [0.5, 0.6) is 0 Å². The number of hydrogen-bond acceptors (Lipinski definition) is 2. The van der Waals surface area contributed by atoms with Gasteiger partial charge in [0, 0.05) is 6.42 Å². The summed E-state index contributed by atoms with van der Waals surface area (Å²) < 4.78 is 0. The molecule has 14 heavy (non-hydrogen) atoms. The average Bonchev–Trinajstić information content (AvgIpc) is 2.55. The molecule has 0 aromatic carbocycles. The summed E-state index contributed by atoms with van der Waals surface area (Å²) in [6, 6.07) is 0. The molecule has 3 atom stereocenters. The van der Waals surface area contributed by atoms with Crippen molar-refractivity contribution in [3.8, 4) is 0 Å². The maximum Gasteiger partial charge on any atom is 0.139 e. The first-order valence-electron chi connectivity index (χ1n) is 5.54. The van der Waals surface area contributed by atoms with Crippen LogP contribution in [0.25, 0.3) is 0 Å². The zero-order valence-corrected chi connectivity index (χ0v) is 8.91.